The molecule has 146 valence electrons. The van der Waals surface area contributed by atoms with E-state index in [1.54, 1.807) is 13.8 Å². The number of hydrogen-bond acceptors (Lipinski definition) is 6. The number of ether oxygens (including phenoxy) is 2. The Morgan fingerprint density at radius 3 is 2.74 bits per heavy atom. The first-order valence-electron chi connectivity index (χ1n) is 9.35. The highest BCUT2D eigenvalue weighted by Gasteiger charge is 2.66. The zero-order chi connectivity index (χ0) is 20.1. The minimum atomic E-state index is -1.86. The van der Waals surface area contributed by atoms with E-state index in [0.717, 1.165) is 5.57 Å². The molecular weight excluding hydrogens is 348 g/mol. The van der Waals surface area contributed by atoms with Gasteiger partial charge in [0.15, 0.2) is 11.4 Å². The van der Waals surface area contributed by atoms with E-state index in [2.05, 4.69) is 0 Å². The molecule has 1 unspecified atom stereocenters. The number of fused-ring (bicyclic) bond motifs is 2. The number of esters is 2. The van der Waals surface area contributed by atoms with Crippen LogP contribution < -0.4 is 0 Å². The van der Waals surface area contributed by atoms with E-state index in [1.807, 2.05) is 20.8 Å². The molecule has 27 heavy (non-hydrogen) atoms. The molecule has 6 heteroatoms. The zero-order valence-corrected chi connectivity index (χ0v) is 16.4. The lowest BCUT2D eigenvalue weighted by Crippen LogP contribution is -2.65. The van der Waals surface area contributed by atoms with Crippen molar-refractivity contribution < 1.29 is 29.0 Å². The molecule has 1 N–H and O–H groups in total. The van der Waals surface area contributed by atoms with Crippen molar-refractivity contribution in [2.45, 2.75) is 65.6 Å². The topological polar surface area (TPSA) is 89.9 Å². The molecule has 0 bridgehead atoms. The molecular formula is C21H26O6. The fourth-order valence-corrected chi connectivity index (χ4v) is 4.29. The lowest BCUT2D eigenvalue weighted by atomic mass is 9.52. The molecule has 0 aromatic rings. The summed E-state index contributed by atoms with van der Waals surface area (Å²) < 4.78 is 11.1. The molecule has 2 aliphatic carbocycles. The maximum absolute atomic E-state index is 12.7. The van der Waals surface area contributed by atoms with Gasteiger partial charge in [-0.05, 0) is 38.7 Å². The highest BCUT2D eigenvalue weighted by Crippen LogP contribution is 2.57. The van der Waals surface area contributed by atoms with Gasteiger partial charge in [0.05, 0.1) is 5.41 Å². The molecule has 4 atom stereocenters. The van der Waals surface area contributed by atoms with E-state index >= 15 is 0 Å². The standard InChI is InChI=1S/C21H26O6/c1-6-11(2)9-16(23)27-18-17-13(4)19(24)26-14(17)10-21(25)15(22)8-7-12(3)20(18,21)5/h9-10,12,18,25H,6-8H2,1-5H3/b11-9-/t12-,18+,20-,21?/m0/s1. The molecule has 0 amide bonds. The smallest absolute Gasteiger partial charge is 0.339 e. The van der Waals surface area contributed by atoms with Crippen LogP contribution in [0.1, 0.15) is 53.9 Å². The molecule has 3 rings (SSSR count). The monoisotopic (exact) mass is 374 g/mol. The van der Waals surface area contributed by atoms with E-state index < -0.39 is 29.1 Å². The van der Waals surface area contributed by atoms with Gasteiger partial charge in [0.1, 0.15) is 11.9 Å². The second kappa shape index (κ2) is 6.44. The first-order chi connectivity index (χ1) is 12.6. The van der Waals surface area contributed by atoms with Gasteiger partial charge >= 0.3 is 11.9 Å². The summed E-state index contributed by atoms with van der Waals surface area (Å²) in [5, 5.41) is 11.4. The summed E-state index contributed by atoms with van der Waals surface area (Å²) >= 11 is 0. The number of allylic oxidation sites excluding steroid dienone is 1. The molecule has 0 radical (unpaired) electrons. The molecule has 0 spiro atoms. The minimum absolute atomic E-state index is 0.119. The van der Waals surface area contributed by atoms with Gasteiger partial charge in [-0.3, -0.25) is 4.79 Å². The highest BCUT2D eigenvalue weighted by atomic mass is 16.6. The number of carbonyl (C=O) groups excluding carboxylic acids is 3. The van der Waals surface area contributed by atoms with E-state index in [0.29, 0.717) is 24.0 Å². The Morgan fingerprint density at radius 2 is 2.11 bits per heavy atom. The average molecular weight is 374 g/mol. The van der Waals surface area contributed by atoms with E-state index in [4.69, 9.17) is 9.47 Å². The fourth-order valence-electron chi connectivity index (χ4n) is 4.29. The molecule has 0 saturated heterocycles. The Bertz CT molecular complexity index is 817. The van der Waals surface area contributed by atoms with Gasteiger partial charge < -0.3 is 14.6 Å². The van der Waals surface area contributed by atoms with Crippen molar-refractivity contribution in [2.75, 3.05) is 0 Å². The summed E-state index contributed by atoms with van der Waals surface area (Å²) in [4.78, 5) is 37.4. The van der Waals surface area contributed by atoms with Gasteiger partial charge in [-0.25, -0.2) is 9.59 Å². The van der Waals surface area contributed by atoms with Crippen LogP contribution >= 0.6 is 0 Å². The molecule has 0 aromatic carbocycles. The normalized spacial score (nSPS) is 36.1. The number of rotatable bonds is 3. The third kappa shape index (κ3) is 2.69. The van der Waals surface area contributed by atoms with Gasteiger partial charge in [0, 0.05) is 23.6 Å². The van der Waals surface area contributed by atoms with Crippen molar-refractivity contribution in [1.82, 2.24) is 0 Å². The molecule has 1 heterocycles. The Labute approximate surface area is 158 Å². The van der Waals surface area contributed by atoms with Crippen LogP contribution in [0.4, 0.5) is 0 Å². The third-order valence-corrected chi connectivity index (χ3v) is 6.56. The number of carbonyl (C=O) groups is 3. The quantitative estimate of drug-likeness (QED) is 0.603. The van der Waals surface area contributed by atoms with E-state index in [1.165, 1.54) is 12.2 Å². The predicted molar refractivity (Wildman–Crippen MR) is 97.3 cm³/mol. The first kappa shape index (κ1) is 19.5. The maximum atomic E-state index is 12.7. The Morgan fingerprint density at radius 1 is 1.44 bits per heavy atom. The summed E-state index contributed by atoms with van der Waals surface area (Å²) in [6.07, 6.45) is 3.28. The summed E-state index contributed by atoms with van der Waals surface area (Å²) in [5.74, 6) is -1.47. The molecule has 1 saturated carbocycles. The van der Waals surface area contributed by atoms with Crippen molar-refractivity contribution >= 4 is 17.7 Å². The van der Waals surface area contributed by atoms with Crippen LogP contribution in [-0.2, 0) is 23.9 Å². The Hall–Kier alpha value is -2.21. The molecule has 1 aliphatic heterocycles. The van der Waals surface area contributed by atoms with Crippen LogP contribution in [0.25, 0.3) is 0 Å². The van der Waals surface area contributed by atoms with Crippen molar-refractivity contribution in [1.29, 1.82) is 0 Å². The Balaban J connectivity index is 2.18. The SMILES string of the molecule is CC/C(C)=C\C(=O)O[C@@H]1C2=C(C)C(=O)OC2=CC2(O)C(=O)CC[C@H](C)[C@@]12C. The highest BCUT2D eigenvalue weighted by molar-refractivity contribution is 5.98. The van der Waals surface area contributed by atoms with Gasteiger partial charge in [0.25, 0.3) is 0 Å². The summed E-state index contributed by atoms with van der Waals surface area (Å²) in [7, 11) is 0. The molecule has 0 aromatic heterocycles. The molecule has 6 nitrogen and oxygen atoms in total. The lowest BCUT2D eigenvalue weighted by Gasteiger charge is -2.55. The second-order valence-corrected chi connectivity index (χ2v) is 8.01. The van der Waals surface area contributed by atoms with Gasteiger partial charge in [0.2, 0.25) is 0 Å². The number of Topliss-reactive ketones (excluding diaryl/α,β-unsaturated/α-hetero) is 1. The van der Waals surface area contributed by atoms with Crippen LogP contribution in [0.5, 0.6) is 0 Å². The van der Waals surface area contributed by atoms with Crippen LogP contribution in [0.3, 0.4) is 0 Å². The second-order valence-electron chi connectivity index (χ2n) is 8.01. The summed E-state index contributed by atoms with van der Waals surface area (Å²) in [5.41, 5.74) is -1.32. The first-order valence-corrected chi connectivity index (χ1v) is 9.35. The minimum Gasteiger partial charge on any atom is -0.453 e. The number of ketones is 1. The van der Waals surface area contributed by atoms with Crippen molar-refractivity contribution in [3.63, 3.8) is 0 Å². The van der Waals surface area contributed by atoms with Gasteiger partial charge in [-0.2, -0.15) is 0 Å². The van der Waals surface area contributed by atoms with Crippen molar-refractivity contribution in [3.8, 4) is 0 Å². The fraction of sp³-hybridized carbons (Fsp3) is 0.571. The zero-order valence-electron chi connectivity index (χ0n) is 16.4. The Kier molecular flexibility index (Phi) is 4.67. The summed E-state index contributed by atoms with van der Waals surface area (Å²) in [6.45, 7) is 9.04. The van der Waals surface area contributed by atoms with Gasteiger partial charge in [-0.15, -0.1) is 0 Å². The molecule has 3 aliphatic rings. The average Bonchev–Trinajstić information content (AvgIpc) is 2.88. The van der Waals surface area contributed by atoms with Crippen LogP contribution in [0.2, 0.25) is 0 Å². The van der Waals surface area contributed by atoms with Crippen LogP contribution in [-0.4, -0.2) is 34.5 Å². The van der Waals surface area contributed by atoms with Crippen molar-refractivity contribution in [3.05, 3.63) is 34.6 Å². The van der Waals surface area contributed by atoms with Crippen molar-refractivity contribution in [2.24, 2.45) is 11.3 Å². The van der Waals surface area contributed by atoms with Crippen LogP contribution in [0, 0.1) is 11.3 Å². The lowest BCUT2D eigenvalue weighted by molar-refractivity contribution is -0.186. The number of hydrogen-bond donors (Lipinski definition) is 1. The number of aliphatic hydroxyl groups is 1. The predicted octanol–water partition coefficient (Wildman–Crippen LogP) is 2.76. The molecule has 1 fully saturated rings. The summed E-state index contributed by atoms with van der Waals surface area (Å²) in [6, 6.07) is 0. The third-order valence-electron chi connectivity index (χ3n) is 6.56. The maximum Gasteiger partial charge on any atom is 0.339 e. The van der Waals surface area contributed by atoms with E-state index in [-0.39, 0.29) is 23.9 Å². The van der Waals surface area contributed by atoms with E-state index in [9.17, 15) is 19.5 Å². The largest absolute Gasteiger partial charge is 0.453 e. The van der Waals surface area contributed by atoms with Crippen LogP contribution in [0.15, 0.2) is 34.6 Å². The van der Waals surface area contributed by atoms with Gasteiger partial charge in [-0.1, -0.05) is 26.3 Å².